The predicted octanol–water partition coefficient (Wildman–Crippen LogP) is 3.16. The van der Waals surface area contributed by atoms with Gasteiger partial charge in [0.1, 0.15) is 5.75 Å². The maximum absolute atomic E-state index is 12.2. The summed E-state index contributed by atoms with van der Waals surface area (Å²) in [4.78, 5) is 23.7. The van der Waals surface area contributed by atoms with E-state index in [0.717, 1.165) is 61.2 Å². The molecule has 9 heteroatoms. The van der Waals surface area contributed by atoms with Crippen LogP contribution in [-0.2, 0) is 29.0 Å². The maximum atomic E-state index is 12.2. The zero-order valence-electron chi connectivity index (χ0n) is 19.4. The first-order valence-electron chi connectivity index (χ1n) is 11.5. The van der Waals surface area contributed by atoms with Crippen molar-refractivity contribution in [3.05, 3.63) is 35.7 Å². The molecule has 33 heavy (non-hydrogen) atoms. The number of aromatic nitrogens is 4. The van der Waals surface area contributed by atoms with Crippen molar-refractivity contribution in [2.45, 2.75) is 38.8 Å². The minimum absolute atomic E-state index is 0.0772. The van der Waals surface area contributed by atoms with Crippen LogP contribution in [0.1, 0.15) is 30.4 Å². The van der Waals surface area contributed by atoms with Crippen LogP contribution in [0.15, 0.2) is 24.5 Å². The highest BCUT2D eigenvalue weighted by atomic mass is 16.5. The van der Waals surface area contributed by atoms with Crippen molar-refractivity contribution in [3.8, 4) is 5.75 Å². The summed E-state index contributed by atoms with van der Waals surface area (Å²) in [5, 5.41) is 8.74. The fraction of sp³-hybridized carbons (Fsp3) is 0.500. The van der Waals surface area contributed by atoms with Crippen molar-refractivity contribution >= 4 is 28.6 Å². The van der Waals surface area contributed by atoms with Gasteiger partial charge in [-0.2, -0.15) is 10.1 Å². The van der Waals surface area contributed by atoms with Gasteiger partial charge in [0.15, 0.2) is 5.65 Å². The highest BCUT2D eigenvalue weighted by Crippen LogP contribution is 2.35. The monoisotopic (exact) mass is 450 g/mol. The summed E-state index contributed by atoms with van der Waals surface area (Å²) in [6.07, 6.45) is 7.44. The van der Waals surface area contributed by atoms with Crippen LogP contribution in [0.5, 0.6) is 5.75 Å². The topological polar surface area (TPSA) is 94.4 Å². The van der Waals surface area contributed by atoms with E-state index in [9.17, 15) is 4.79 Å². The van der Waals surface area contributed by atoms with Gasteiger partial charge in [-0.15, -0.1) is 0 Å². The van der Waals surface area contributed by atoms with Gasteiger partial charge in [-0.25, -0.2) is 9.67 Å². The molecule has 0 unspecified atom stereocenters. The number of rotatable bonds is 6. The van der Waals surface area contributed by atoms with Gasteiger partial charge in [0, 0.05) is 25.8 Å². The van der Waals surface area contributed by atoms with E-state index >= 15 is 0 Å². The number of ether oxygens (including phenoxy) is 2. The molecule has 1 saturated carbocycles. The first-order chi connectivity index (χ1) is 16.1. The van der Waals surface area contributed by atoms with Crippen LogP contribution >= 0.6 is 0 Å². The summed E-state index contributed by atoms with van der Waals surface area (Å²) in [5.74, 6) is 1.26. The second-order valence-corrected chi connectivity index (χ2v) is 9.05. The molecule has 1 aromatic carbocycles. The van der Waals surface area contributed by atoms with Crippen LogP contribution < -0.4 is 10.1 Å². The van der Waals surface area contributed by atoms with Crippen molar-refractivity contribution in [1.82, 2.24) is 24.6 Å². The SMILES string of the molecule is COC(=O)[C@@H]1CCC[C@H]1Cn1ncc2cnc(Nc3cc4c(cc3OC)CCN(C)C4)nc21. The standard InChI is InChI=1S/C24H30N6O3/c1-29-8-7-15-10-21(32-2)20(9-17(15)13-29)27-24-25-11-18-12-26-30(22(18)28-24)14-16-5-4-6-19(16)23(31)33-3/h9-12,16,19H,4-8,13-14H2,1-3H3,(H,25,27,28)/t16-,19+/m0/s1. The fourth-order valence-electron chi connectivity index (χ4n) is 5.11. The second kappa shape index (κ2) is 8.97. The van der Waals surface area contributed by atoms with E-state index in [1.54, 1.807) is 19.5 Å². The normalized spacial score (nSPS) is 20.6. The van der Waals surface area contributed by atoms with Crippen molar-refractivity contribution in [3.63, 3.8) is 0 Å². The molecule has 9 nitrogen and oxygen atoms in total. The summed E-state index contributed by atoms with van der Waals surface area (Å²) in [6, 6.07) is 4.24. The van der Waals surface area contributed by atoms with Crippen molar-refractivity contribution in [2.75, 3.05) is 33.1 Å². The molecule has 0 amide bonds. The Morgan fingerprint density at radius 2 is 2.09 bits per heavy atom. The number of esters is 1. The molecule has 3 heterocycles. The minimum atomic E-state index is -0.129. The number of carbonyl (C=O) groups excluding carboxylic acids is 1. The molecule has 2 aliphatic rings. The van der Waals surface area contributed by atoms with Crippen molar-refractivity contribution in [2.24, 2.45) is 11.8 Å². The van der Waals surface area contributed by atoms with Crippen LogP contribution in [0.4, 0.5) is 11.6 Å². The number of fused-ring (bicyclic) bond motifs is 2. The van der Waals surface area contributed by atoms with E-state index < -0.39 is 0 Å². The average molecular weight is 451 g/mol. The number of methoxy groups -OCH3 is 2. The number of hydrogen-bond acceptors (Lipinski definition) is 8. The van der Waals surface area contributed by atoms with Crippen molar-refractivity contribution < 1.29 is 14.3 Å². The number of anilines is 2. The molecular weight excluding hydrogens is 420 g/mol. The van der Waals surface area contributed by atoms with Gasteiger partial charge >= 0.3 is 5.97 Å². The molecule has 2 atom stereocenters. The second-order valence-electron chi connectivity index (χ2n) is 9.05. The van der Waals surface area contributed by atoms with Gasteiger partial charge in [-0.05, 0) is 55.5 Å². The lowest BCUT2D eigenvalue weighted by Crippen LogP contribution is -2.26. The first-order valence-corrected chi connectivity index (χ1v) is 11.5. The van der Waals surface area contributed by atoms with E-state index in [1.165, 1.54) is 18.2 Å². The number of nitrogens with one attached hydrogen (secondary N) is 1. The molecule has 5 rings (SSSR count). The summed E-state index contributed by atoms with van der Waals surface area (Å²) in [5.41, 5.74) is 4.20. The number of carbonyl (C=O) groups is 1. The summed E-state index contributed by atoms with van der Waals surface area (Å²) >= 11 is 0. The fourth-order valence-corrected chi connectivity index (χ4v) is 5.11. The van der Waals surface area contributed by atoms with Crippen LogP contribution in [0.2, 0.25) is 0 Å². The smallest absolute Gasteiger partial charge is 0.309 e. The lowest BCUT2D eigenvalue weighted by Gasteiger charge is -2.26. The zero-order valence-corrected chi connectivity index (χ0v) is 19.4. The molecule has 0 saturated heterocycles. The molecule has 174 valence electrons. The third-order valence-corrected chi connectivity index (χ3v) is 6.92. The van der Waals surface area contributed by atoms with Crippen LogP contribution in [-0.4, -0.2) is 58.4 Å². The molecule has 1 fully saturated rings. The Bertz CT molecular complexity index is 1180. The molecule has 1 aliphatic heterocycles. The lowest BCUT2D eigenvalue weighted by molar-refractivity contribution is -0.146. The number of nitrogens with zero attached hydrogens (tertiary/aromatic N) is 5. The quantitative estimate of drug-likeness (QED) is 0.573. The van der Waals surface area contributed by atoms with E-state index in [0.29, 0.717) is 12.5 Å². The molecule has 3 aromatic rings. The first kappa shape index (κ1) is 21.6. The Morgan fingerprint density at radius 3 is 2.91 bits per heavy atom. The van der Waals surface area contributed by atoms with Crippen molar-refractivity contribution in [1.29, 1.82) is 0 Å². The molecule has 1 aliphatic carbocycles. The number of likely N-dealkylation sites (N-methyl/N-ethyl adjacent to an activating group) is 1. The summed E-state index contributed by atoms with van der Waals surface area (Å²) in [7, 11) is 5.27. The molecule has 1 N–H and O–H groups in total. The minimum Gasteiger partial charge on any atom is -0.495 e. The molecule has 0 spiro atoms. The number of benzene rings is 1. The Balaban J connectivity index is 1.41. The predicted molar refractivity (Wildman–Crippen MR) is 124 cm³/mol. The van der Waals surface area contributed by atoms with E-state index in [2.05, 4.69) is 39.5 Å². The van der Waals surface area contributed by atoms with E-state index in [-0.39, 0.29) is 17.8 Å². The van der Waals surface area contributed by atoms with Crippen LogP contribution in [0.3, 0.4) is 0 Å². The van der Waals surface area contributed by atoms with Gasteiger partial charge in [0.25, 0.3) is 0 Å². The molecule has 0 radical (unpaired) electrons. The van der Waals surface area contributed by atoms with Crippen LogP contribution in [0.25, 0.3) is 11.0 Å². The summed E-state index contributed by atoms with van der Waals surface area (Å²) in [6.45, 7) is 2.59. The average Bonchev–Trinajstić information content (AvgIpc) is 3.45. The molecule has 2 aromatic heterocycles. The third-order valence-electron chi connectivity index (χ3n) is 6.92. The van der Waals surface area contributed by atoms with Gasteiger partial charge in [-0.3, -0.25) is 4.79 Å². The van der Waals surface area contributed by atoms with E-state index in [4.69, 9.17) is 14.5 Å². The Kier molecular flexibility index (Phi) is 5.88. The highest BCUT2D eigenvalue weighted by molar-refractivity contribution is 5.76. The highest BCUT2D eigenvalue weighted by Gasteiger charge is 2.34. The van der Waals surface area contributed by atoms with Gasteiger partial charge in [0.2, 0.25) is 5.95 Å². The van der Waals surface area contributed by atoms with E-state index in [1.807, 2.05) is 4.68 Å². The summed E-state index contributed by atoms with van der Waals surface area (Å²) < 4.78 is 12.5. The number of hydrogen-bond donors (Lipinski definition) is 1. The largest absolute Gasteiger partial charge is 0.495 e. The van der Waals surface area contributed by atoms with Gasteiger partial charge in [0.05, 0.1) is 37.4 Å². The maximum Gasteiger partial charge on any atom is 0.309 e. The Labute approximate surface area is 193 Å². The van der Waals surface area contributed by atoms with Crippen LogP contribution in [0, 0.1) is 11.8 Å². The molecule has 0 bridgehead atoms. The Morgan fingerprint density at radius 1 is 1.21 bits per heavy atom. The zero-order chi connectivity index (χ0) is 22.9. The Hall–Kier alpha value is -3.20. The molecular formula is C24H30N6O3. The lowest BCUT2D eigenvalue weighted by atomic mass is 9.96. The van der Waals surface area contributed by atoms with Gasteiger partial charge in [-0.1, -0.05) is 6.42 Å². The van der Waals surface area contributed by atoms with Gasteiger partial charge < -0.3 is 19.7 Å². The third kappa shape index (κ3) is 4.25.